The highest BCUT2D eigenvalue weighted by Gasteiger charge is 2.17. The summed E-state index contributed by atoms with van der Waals surface area (Å²) in [5.74, 6) is -0.616. The molecule has 0 amide bonds. The minimum absolute atomic E-state index is 0.270. The summed E-state index contributed by atoms with van der Waals surface area (Å²) in [5, 5.41) is 9.52. The second kappa shape index (κ2) is 5.12. The molecule has 1 aromatic rings. The van der Waals surface area contributed by atoms with Gasteiger partial charge in [-0.1, -0.05) is 28.1 Å². The van der Waals surface area contributed by atoms with Crippen LogP contribution in [0.1, 0.15) is 18.6 Å². The molecule has 76 valence electrons. The molecule has 0 aliphatic rings. The van der Waals surface area contributed by atoms with Gasteiger partial charge < -0.3 is 9.84 Å². The third kappa shape index (κ3) is 2.82. The molecule has 0 fully saturated rings. The van der Waals surface area contributed by atoms with E-state index < -0.39 is 12.1 Å². The Hall–Kier alpha value is -0.870. The zero-order chi connectivity index (χ0) is 10.6. The Balaban J connectivity index is 2.73. The molecule has 1 rings (SSSR count). The Morgan fingerprint density at radius 1 is 1.50 bits per heavy atom. The van der Waals surface area contributed by atoms with Crippen LogP contribution >= 0.6 is 15.9 Å². The molecule has 0 aliphatic carbocycles. The summed E-state index contributed by atoms with van der Waals surface area (Å²) in [4.78, 5) is 11.1. The third-order valence-electron chi connectivity index (χ3n) is 1.70. The Labute approximate surface area is 90.8 Å². The van der Waals surface area contributed by atoms with Crippen LogP contribution in [0.5, 0.6) is 0 Å². The van der Waals surface area contributed by atoms with Gasteiger partial charge in [-0.25, -0.2) is 4.79 Å². The minimum Gasteiger partial charge on any atom is -0.464 e. The number of benzene rings is 1. The summed E-state index contributed by atoms with van der Waals surface area (Å²) in [6.45, 7) is 1.97. The highest BCUT2D eigenvalue weighted by molar-refractivity contribution is 9.10. The van der Waals surface area contributed by atoms with E-state index in [4.69, 9.17) is 0 Å². The highest BCUT2D eigenvalue weighted by Crippen LogP contribution is 2.17. The fourth-order valence-corrected chi connectivity index (χ4v) is 1.27. The van der Waals surface area contributed by atoms with Crippen molar-refractivity contribution < 1.29 is 14.6 Å². The van der Waals surface area contributed by atoms with E-state index in [1.54, 1.807) is 31.2 Å². The topological polar surface area (TPSA) is 46.5 Å². The second-order valence-corrected chi connectivity index (χ2v) is 3.62. The van der Waals surface area contributed by atoms with Crippen molar-refractivity contribution in [1.29, 1.82) is 0 Å². The number of esters is 1. The number of carbonyl (C=O) groups is 1. The van der Waals surface area contributed by atoms with Crippen molar-refractivity contribution in [2.75, 3.05) is 6.61 Å². The molecule has 1 aromatic carbocycles. The number of hydrogen-bond donors (Lipinski definition) is 1. The van der Waals surface area contributed by atoms with Crippen molar-refractivity contribution in [3.63, 3.8) is 0 Å². The molecule has 0 bridgehead atoms. The van der Waals surface area contributed by atoms with Crippen molar-refractivity contribution in [2.45, 2.75) is 13.0 Å². The van der Waals surface area contributed by atoms with Crippen LogP contribution in [0.3, 0.4) is 0 Å². The van der Waals surface area contributed by atoms with E-state index in [1.807, 2.05) is 0 Å². The SMILES string of the molecule is CCOC(=O)C(O)c1ccc(Br)cc1. The molecular formula is C10H11BrO3. The third-order valence-corrected chi connectivity index (χ3v) is 2.22. The van der Waals surface area contributed by atoms with E-state index in [-0.39, 0.29) is 6.61 Å². The fraction of sp³-hybridized carbons (Fsp3) is 0.300. The van der Waals surface area contributed by atoms with Crippen molar-refractivity contribution in [2.24, 2.45) is 0 Å². The Bertz CT molecular complexity index is 308. The lowest BCUT2D eigenvalue weighted by Crippen LogP contribution is -2.15. The summed E-state index contributed by atoms with van der Waals surface area (Å²) < 4.78 is 5.59. The quantitative estimate of drug-likeness (QED) is 0.845. The maximum atomic E-state index is 11.1. The van der Waals surface area contributed by atoms with E-state index in [1.165, 1.54) is 0 Å². The van der Waals surface area contributed by atoms with Gasteiger partial charge in [-0.15, -0.1) is 0 Å². The number of carbonyl (C=O) groups excluding carboxylic acids is 1. The van der Waals surface area contributed by atoms with Crippen LogP contribution in [0.4, 0.5) is 0 Å². The van der Waals surface area contributed by atoms with Crippen LogP contribution in [-0.2, 0) is 9.53 Å². The van der Waals surface area contributed by atoms with Gasteiger partial charge in [0.1, 0.15) is 0 Å². The van der Waals surface area contributed by atoms with Gasteiger partial charge in [0.15, 0.2) is 6.10 Å². The van der Waals surface area contributed by atoms with Crippen molar-refractivity contribution in [3.05, 3.63) is 34.3 Å². The van der Waals surface area contributed by atoms with Crippen LogP contribution in [0, 0.1) is 0 Å². The van der Waals surface area contributed by atoms with Crippen LogP contribution in [0.2, 0.25) is 0 Å². The lowest BCUT2D eigenvalue weighted by molar-refractivity contribution is -0.153. The van der Waals surface area contributed by atoms with E-state index in [2.05, 4.69) is 20.7 Å². The normalized spacial score (nSPS) is 12.2. The monoisotopic (exact) mass is 258 g/mol. The van der Waals surface area contributed by atoms with Crippen LogP contribution < -0.4 is 0 Å². The van der Waals surface area contributed by atoms with E-state index in [9.17, 15) is 9.90 Å². The van der Waals surface area contributed by atoms with E-state index >= 15 is 0 Å². The number of rotatable bonds is 3. The van der Waals surface area contributed by atoms with Gasteiger partial charge in [0, 0.05) is 4.47 Å². The van der Waals surface area contributed by atoms with Crippen LogP contribution in [0.15, 0.2) is 28.7 Å². The average Bonchev–Trinajstić information content (AvgIpc) is 2.18. The fourth-order valence-electron chi connectivity index (χ4n) is 1.00. The molecule has 1 N–H and O–H groups in total. The Morgan fingerprint density at radius 3 is 2.57 bits per heavy atom. The second-order valence-electron chi connectivity index (χ2n) is 2.71. The molecule has 4 heteroatoms. The largest absolute Gasteiger partial charge is 0.464 e. The maximum Gasteiger partial charge on any atom is 0.339 e. The first-order chi connectivity index (χ1) is 6.65. The number of ether oxygens (including phenoxy) is 1. The van der Waals surface area contributed by atoms with Gasteiger partial charge in [-0.3, -0.25) is 0 Å². The van der Waals surface area contributed by atoms with Crippen LogP contribution in [0.25, 0.3) is 0 Å². The molecule has 0 aromatic heterocycles. The Morgan fingerprint density at radius 2 is 2.07 bits per heavy atom. The molecule has 0 radical (unpaired) electrons. The molecule has 0 saturated carbocycles. The molecular weight excluding hydrogens is 248 g/mol. The first kappa shape index (κ1) is 11.2. The minimum atomic E-state index is -1.19. The molecule has 0 spiro atoms. The molecule has 3 nitrogen and oxygen atoms in total. The number of aliphatic hydroxyl groups is 1. The number of halogens is 1. The van der Waals surface area contributed by atoms with E-state index in [0.29, 0.717) is 5.56 Å². The lowest BCUT2D eigenvalue weighted by Gasteiger charge is -2.09. The number of hydrogen-bond acceptors (Lipinski definition) is 3. The average molecular weight is 259 g/mol. The van der Waals surface area contributed by atoms with Crippen molar-refractivity contribution >= 4 is 21.9 Å². The predicted molar refractivity (Wildman–Crippen MR) is 55.7 cm³/mol. The molecule has 0 saturated heterocycles. The summed E-state index contributed by atoms with van der Waals surface area (Å²) in [5.41, 5.74) is 0.534. The first-order valence-corrected chi connectivity index (χ1v) is 5.04. The molecule has 14 heavy (non-hydrogen) atoms. The van der Waals surface area contributed by atoms with Gasteiger partial charge in [0.2, 0.25) is 0 Å². The lowest BCUT2D eigenvalue weighted by atomic mass is 10.1. The summed E-state index contributed by atoms with van der Waals surface area (Å²) in [6.07, 6.45) is -1.19. The summed E-state index contributed by atoms with van der Waals surface area (Å²) >= 11 is 3.26. The summed E-state index contributed by atoms with van der Waals surface area (Å²) in [7, 11) is 0. The zero-order valence-electron chi connectivity index (χ0n) is 7.74. The first-order valence-electron chi connectivity index (χ1n) is 4.25. The van der Waals surface area contributed by atoms with E-state index in [0.717, 1.165) is 4.47 Å². The highest BCUT2D eigenvalue weighted by atomic mass is 79.9. The molecule has 1 atom stereocenters. The van der Waals surface area contributed by atoms with Crippen LogP contribution in [-0.4, -0.2) is 17.7 Å². The van der Waals surface area contributed by atoms with Crippen molar-refractivity contribution in [3.8, 4) is 0 Å². The molecule has 1 unspecified atom stereocenters. The smallest absolute Gasteiger partial charge is 0.339 e. The van der Waals surface area contributed by atoms with Crippen molar-refractivity contribution in [1.82, 2.24) is 0 Å². The standard InChI is InChI=1S/C10H11BrO3/c1-2-14-10(13)9(12)7-3-5-8(11)6-4-7/h3-6,9,12H,2H2,1H3. The molecule has 0 aliphatic heterocycles. The Kier molecular flexibility index (Phi) is 4.10. The van der Waals surface area contributed by atoms with Gasteiger partial charge in [0.05, 0.1) is 6.61 Å². The van der Waals surface area contributed by atoms with Gasteiger partial charge in [-0.05, 0) is 24.6 Å². The maximum absolute atomic E-state index is 11.1. The predicted octanol–water partition coefficient (Wildman–Crippen LogP) is 2.05. The zero-order valence-corrected chi connectivity index (χ0v) is 9.32. The van der Waals surface area contributed by atoms with Gasteiger partial charge >= 0.3 is 5.97 Å². The van der Waals surface area contributed by atoms with Gasteiger partial charge in [0.25, 0.3) is 0 Å². The summed E-state index contributed by atoms with van der Waals surface area (Å²) in [6, 6.07) is 6.87. The molecule has 0 heterocycles. The van der Waals surface area contributed by atoms with Gasteiger partial charge in [-0.2, -0.15) is 0 Å². The number of aliphatic hydroxyl groups excluding tert-OH is 1.